The monoisotopic (exact) mass is 390 g/mol. The maximum atomic E-state index is 13.2. The zero-order valence-corrected chi connectivity index (χ0v) is 15.4. The Kier molecular flexibility index (Phi) is 4.93. The second-order valence-electron chi connectivity index (χ2n) is 6.28. The molecule has 3 aromatic rings. The van der Waals surface area contributed by atoms with Gasteiger partial charge in [0.1, 0.15) is 0 Å². The highest BCUT2D eigenvalue weighted by atomic mass is 19.4. The Morgan fingerprint density at radius 2 is 1.96 bits per heavy atom. The van der Waals surface area contributed by atoms with Crippen molar-refractivity contribution in [1.82, 2.24) is 14.6 Å². The highest BCUT2D eigenvalue weighted by Gasteiger charge is 2.31. The van der Waals surface area contributed by atoms with Crippen molar-refractivity contribution in [1.29, 1.82) is 0 Å². The molecule has 1 N–H and O–H groups in total. The second kappa shape index (κ2) is 7.06. The first kappa shape index (κ1) is 19.5. The van der Waals surface area contributed by atoms with Gasteiger partial charge in [0.2, 0.25) is 11.9 Å². The number of alkyl halides is 3. The number of nitrogens with one attached hydrogen (secondary N) is 1. The van der Waals surface area contributed by atoms with Gasteiger partial charge in [-0.15, -0.1) is 5.10 Å². The topological polar surface area (TPSA) is 76.4 Å². The quantitative estimate of drug-likeness (QED) is 0.675. The van der Waals surface area contributed by atoms with Gasteiger partial charge in [-0.3, -0.25) is 14.9 Å². The number of amides is 1. The third-order valence-electron chi connectivity index (χ3n) is 4.27. The molecule has 2 heterocycles. The third-order valence-corrected chi connectivity index (χ3v) is 4.27. The predicted octanol–water partition coefficient (Wildman–Crippen LogP) is 4.27. The molecule has 28 heavy (non-hydrogen) atoms. The molecule has 0 saturated carbocycles. The molecule has 0 spiro atoms. The van der Waals surface area contributed by atoms with Gasteiger partial charge in [-0.05, 0) is 30.2 Å². The number of rotatable bonds is 4. The number of anilines is 1. The van der Waals surface area contributed by atoms with E-state index in [2.05, 4.69) is 15.4 Å². The lowest BCUT2D eigenvalue weighted by molar-refractivity contribution is -0.137. The number of pyridine rings is 1. The number of ketones is 1. The SMILES string of the molecule is CCC(=O)c1cn2nc(NC(C)=O)nc2c(-c2cccc(C(F)(F)F)c2)c1C. The van der Waals surface area contributed by atoms with Gasteiger partial charge in [-0.2, -0.15) is 18.2 Å². The molecule has 146 valence electrons. The van der Waals surface area contributed by atoms with E-state index in [9.17, 15) is 22.8 Å². The minimum Gasteiger partial charge on any atom is -0.294 e. The fourth-order valence-corrected chi connectivity index (χ4v) is 2.98. The lowest BCUT2D eigenvalue weighted by atomic mass is 9.95. The standard InChI is InChI=1S/C19H17F3N4O2/c1-4-15(28)14-9-26-17(24-18(25-26)23-11(3)27)16(10(14)2)12-6-5-7-13(8-12)19(20,21)22/h5-9H,4H2,1-3H3,(H,23,25,27). The van der Waals surface area contributed by atoms with Crippen molar-refractivity contribution in [3.8, 4) is 11.1 Å². The molecule has 0 bridgehead atoms. The number of fused-ring (bicyclic) bond motifs is 1. The van der Waals surface area contributed by atoms with Gasteiger partial charge in [0.25, 0.3) is 0 Å². The zero-order chi connectivity index (χ0) is 20.6. The van der Waals surface area contributed by atoms with Gasteiger partial charge < -0.3 is 0 Å². The fourth-order valence-electron chi connectivity index (χ4n) is 2.98. The van der Waals surface area contributed by atoms with Gasteiger partial charge in [0.05, 0.1) is 5.56 Å². The summed E-state index contributed by atoms with van der Waals surface area (Å²) in [5.41, 5.74) is 0.881. The summed E-state index contributed by atoms with van der Waals surface area (Å²) in [6.45, 7) is 4.64. The number of halogens is 3. The van der Waals surface area contributed by atoms with Crippen molar-refractivity contribution in [2.45, 2.75) is 33.4 Å². The summed E-state index contributed by atoms with van der Waals surface area (Å²) in [4.78, 5) is 27.9. The summed E-state index contributed by atoms with van der Waals surface area (Å²) in [5.74, 6) is -0.566. The highest BCUT2D eigenvalue weighted by Crippen LogP contribution is 2.35. The van der Waals surface area contributed by atoms with Crippen molar-refractivity contribution in [3.63, 3.8) is 0 Å². The average Bonchev–Trinajstić information content (AvgIpc) is 3.00. The first-order chi connectivity index (χ1) is 13.1. The minimum atomic E-state index is -4.51. The largest absolute Gasteiger partial charge is 0.416 e. The number of hydrogen-bond donors (Lipinski definition) is 1. The molecular weight excluding hydrogens is 373 g/mol. The molecule has 9 heteroatoms. The van der Waals surface area contributed by atoms with E-state index in [-0.39, 0.29) is 29.4 Å². The first-order valence-corrected chi connectivity index (χ1v) is 8.50. The number of carbonyl (C=O) groups is 2. The van der Waals surface area contributed by atoms with Crippen LogP contribution in [0.25, 0.3) is 16.8 Å². The number of Topliss-reactive ketones (excluding diaryl/α,β-unsaturated/α-hetero) is 1. The Bertz CT molecular complexity index is 1090. The van der Waals surface area contributed by atoms with E-state index in [0.717, 1.165) is 12.1 Å². The molecule has 0 unspecified atom stereocenters. The Hall–Kier alpha value is -3.23. The number of hydrogen-bond acceptors (Lipinski definition) is 4. The number of aromatic nitrogens is 3. The molecular formula is C19H17F3N4O2. The van der Waals surface area contributed by atoms with Crippen LogP contribution < -0.4 is 5.32 Å². The van der Waals surface area contributed by atoms with E-state index < -0.39 is 17.6 Å². The Balaban J connectivity index is 2.33. The van der Waals surface area contributed by atoms with E-state index in [1.807, 2.05) is 0 Å². The fraction of sp³-hybridized carbons (Fsp3) is 0.263. The number of carbonyl (C=O) groups excluding carboxylic acids is 2. The Morgan fingerprint density at radius 1 is 1.25 bits per heavy atom. The smallest absolute Gasteiger partial charge is 0.294 e. The normalized spacial score (nSPS) is 11.6. The lowest BCUT2D eigenvalue weighted by Gasteiger charge is -2.14. The van der Waals surface area contributed by atoms with Gasteiger partial charge in [-0.25, -0.2) is 4.52 Å². The summed E-state index contributed by atoms with van der Waals surface area (Å²) in [6, 6.07) is 4.80. The van der Waals surface area contributed by atoms with Crippen LogP contribution in [0.4, 0.5) is 19.1 Å². The van der Waals surface area contributed by atoms with Crippen LogP contribution in [-0.2, 0) is 11.0 Å². The Morgan fingerprint density at radius 3 is 2.57 bits per heavy atom. The van der Waals surface area contributed by atoms with Crippen LogP contribution >= 0.6 is 0 Å². The first-order valence-electron chi connectivity index (χ1n) is 8.50. The van der Waals surface area contributed by atoms with E-state index in [4.69, 9.17) is 0 Å². The van der Waals surface area contributed by atoms with Crippen molar-refractivity contribution in [3.05, 3.63) is 47.2 Å². The summed E-state index contributed by atoms with van der Waals surface area (Å²) < 4.78 is 40.8. The molecule has 0 fully saturated rings. The molecule has 6 nitrogen and oxygen atoms in total. The van der Waals surface area contributed by atoms with Crippen LogP contribution in [0.2, 0.25) is 0 Å². The van der Waals surface area contributed by atoms with E-state index in [1.54, 1.807) is 13.8 Å². The van der Waals surface area contributed by atoms with Crippen LogP contribution in [0.1, 0.15) is 41.8 Å². The Labute approximate surface area is 158 Å². The van der Waals surface area contributed by atoms with Crippen molar-refractivity contribution in [2.24, 2.45) is 0 Å². The molecule has 0 radical (unpaired) electrons. The van der Waals surface area contributed by atoms with Crippen LogP contribution in [0.15, 0.2) is 30.5 Å². The molecule has 0 aliphatic heterocycles. The van der Waals surface area contributed by atoms with E-state index >= 15 is 0 Å². The summed E-state index contributed by atoms with van der Waals surface area (Å²) >= 11 is 0. The van der Waals surface area contributed by atoms with Gasteiger partial charge in [0, 0.05) is 30.7 Å². The van der Waals surface area contributed by atoms with Crippen molar-refractivity contribution < 1.29 is 22.8 Å². The van der Waals surface area contributed by atoms with Crippen LogP contribution in [-0.4, -0.2) is 26.3 Å². The lowest BCUT2D eigenvalue weighted by Crippen LogP contribution is -2.08. The van der Waals surface area contributed by atoms with Crippen molar-refractivity contribution >= 4 is 23.3 Å². The van der Waals surface area contributed by atoms with Gasteiger partial charge >= 0.3 is 6.18 Å². The predicted molar refractivity (Wildman–Crippen MR) is 97.1 cm³/mol. The second-order valence-corrected chi connectivity index (χ2v) is 6.28. The molecule has 0 aliphatic carbocycles. The summed E-state index contributed by atoms with van der Waals surface area (Å²) in [7, 11) is 0. The van der Waals surface area contributed by atoms with Gasteiger partial charge in [0.15, 0.2) is 11.4 Å². The molecule has 2 aromatic heterocycles. The van der Waals surface area contributed by atoms with Crippen LogP contribution in [0, 0.1) is 6.92 Å². The maximum Gasteiger partial charge on any atom is 0.416 e. The summed E-state index contributed by atoms with van der Waals surface area (Å²) in [6.07, 6.45) is -2.81. The molecule has 0 aliphatic rings. The molecule has 1 aromatic carbocycles. The number of benzene rings is 1. The molecule has 0 saturated heterocycles. The number of nitrogens with zero attached hydrogens (tertiary/aromatic N) is 3. The molecule has 1 amide bonds. The van der Waals surface area contributed by atoms with Crippen LogP contribution in [0.3, 0.4) is 0 Å². The highest BCUT2D eigenvalue weighted by molar-refractivity contribution is 6.00. The maximum absolute atomic E-state index is 13.2. The van der Waals surface area contributed by atoms with Gasteiger partial charge in [-0.1, -0.05) is 19.1 Å². The third kappa shape index (κ3) is 3.60. The zero-order valence-electron chi connectivity index (χ0n) is 15.4. The average molecular weight is 390 g/mol. The molecule has 3 rings (SSSR count). The van der Waals surface area contributed by atoms with Crippen molar-refractivity contribution in [2.75, 3.05) is 5.32 Å². The van der Waals surface area contributed by atoms with E-state index in [0.29, 0.717) is 16.7 Å². The summed E-state index contributed by atoms with van der Waals surface area (Å²) in [5, 5.41) is 6.57. The van der Waals surface area contributed by atoms with E-state index in [1.165, 1.54) is 29.8 Å². The molecule has 0 atom stereocenters. The van der Waals surface area contributed by atoms with Crippen LogP contribution in [0.5, 0.6) is 0 Å². The minimum absolute atomic E-state index is 0.00113.